The molecule has 140 valence electrons. The van der Waals surface area contributed by atoms with Crippen LogP contribution in [0.25, 0.3) is 0 Å². The number of rotatable bonds is 1. The molecule has 2 N–H and O–H groups in total. The Hall–Kier alpha value is -2.61. The van der Waals surface area contributed by atoms with Crippen LogP contribution < -0.4 is 10.6 Å². The van der Waals surface area contributed by atoms with Crippen LogP contribution in [0.5, 0.6) is 0 Å². The molecule has 2 heterocycles. The minimum absolute atomic E-state index is 0.411. The zero-order valence-corrected chi connectivity index (χ0v) is 15.2. The molecule has 3 rings (SSSR count). The van der Waals surface area contributed by atoms with E-state index in [9.17, 15) is 9.59 Å². The number of aliphatic imine (C=N–C) groups is 1. The molecular weight excluding hydrogens is 336 g/mol. The Bertz CT molecular complexity index is 720. The molecule has 1 aromatic rings. The third-order valence-electron chi connectivity index (χ3n) is 3.89. The molecule has 0 bridgehead atoms. The molecule has 0 aromatic heterocycles. The summed E-state index contributed by atoms with van der Waals surface area (Å²) in [5.41, 5.74) is 0.817. The number of morpholine rings is 1. The topological polar surface area (TPSA) is 92.3 Å². The summed E-state index contributed by atoms with van der Waals surface area (Å²) in [5, 5.41) is 5.38. The van der Waals surface area contributed by atoms with Crippen molar-refractivity contribution in [1.29, 1.82) is 0 Å². The van der Waals surface area contributed by atoms with Gasteiger partial charge in [-0.1, -0.05) is 12.1 Å². The summed E-state index contributed by atoms with van der Waals surface area (Å²) in [6.45, 7) is 7.80. The van der Waals surface area contributed by atoms with Gasteiger partial charge >= 0.3 is 6.09 Å². The summed E-state index contributed by atoms with van der Waals surface area (Å²) >= 11 is 0. The fourth-order valence-electron chi connectivity index (χ4n) is 2.78. The number of amidine groups is 1. The Morgan fingerprint density at radius 3 is 2.69 bits per heavy atom. The first kappa shape index (κ1) is 18.2. The Kier molecular flexibility index (Phi) is 5.13. The normalized spacial score (nSPS) is 20.4. The third kappa shape index (κ3) is 4.32. The maximum absolute atomic E-state index is 12.6. The predicted molar refractivity (Wildman–Crippen MR) is 97.2 cm³/mol. The highest BCUT2D eigenvalue weighted by molar-refractivity contribution is 6.11. The van der Waals surface area contributed by atoms with E-state index in [4.69, 9.17) is 9.47 Å². The van der Waals surface area contributed by atoms with Crippen LogP contribution in [0, 0.1) is 0 Å². The maximum atomic E-state index is 12.6. The maximum Gasteiger partial charge on any atom is 0.409 e. The van der Waals surface area contributed by atoms with Crippen molar-refractivity contribution in [2.24, 2.45) is 4.99 Å². The molecule has 8 nitrogen and oxygen atoms in total. The van der Waals surface area contributed by atoms with Crippen molar-refractivity contribution in [3.8, 4) is 0 Å². The van der Waals surface area contributed by atoms with Gasteiger partial charge in [0.05, 0.1) is 18.9 Å². The van der Waals surface area contributed by atoms with Gasteiger partial charge in [-0.15, -0.1) is 0 Å². The lowest BCUT2D eigenvalue weighted by atomic mass is 10.1. The molecule has 0 radical (unpaired) electrons. The van der Waals surface area contributed by atoms with E-state index in [1.165, 1.54) is 0 Å². The molecule has 2 aliphatic rings. The van der Waals surface area contributed by atoms with E-state index < -0.39 is 23.8 Å². The second kappa shape index (κ2) is 7.33. The minimum atomic E-state index is -1.07. The largest absolute Gasteiger partial charge is 0.444 e. The highest BCUT2D eigenvalue weighted by atomic mass is 16.6. The summed E-state index contributed by atoms with van der Waals surface area (Å²) in [4.78, 5) is 31.3. The van der Waals surface area contributed by atoms with Crippen LogP contribution in [0.4, 0.5) is 10.5 Å². The van der Waals surface area contributed by atoms with Crippen LogP contribution in [-0.2, 0) is 14.3 Å². The van der Waals surface area contributed by atoms with Gasteiger partial charge in [-0.05, 0) is 32.9 Å². The number of nitrogens with zero attached hydrogens (tertiary/aromatic N) is 2. The number of alkyl carbamates (subject to hydrolysis) is 1. The van der Waals surface area contributed by atoms with Crippen molar-refractivity contribution in [1.82, 2.24) is 10.2 Å². The lowest BCUT2D eigenvalue weighted by Crippen LogP contribution is -2.46. The number of ether oxygens (including phenoxy) is 2. The number of anilines is 1. The zero-order valence-electron chi connectivity index (χ0n) is 15.2. The predicted octanol–water partition coefficient (Wildman–Crippen LogP) is 1.57. The standard InChI is InChI=1S/C18H24N4O4/c1-18(2,3)26-17(24)21-14-16(23)19-13-7-5-4-6-12(13)15(20-14)22-8-10-25-11-9-22/h4-7,14H,8-11H2,1-3H3,(H,19,23)(H,21,24). The van der Waals surface area contributed by atoms with Crippen molar-refractivity contribution >= 4 is 23.5 Å². The number of hydrogen-bond donors (Lipinski definition) is 2. The van der Waals surface area contributed by atoms with Gasteiger partial charge in [0.15, 0.2) is 0 Å². The van der Waals surface area contributed by atoms with Crippen LogP contribution in [0.15, 0.2) is 29.3 Å². The number of carbonyl (C=O) groups excluding carboxylic acids is 2. The van der Waals surface area contributed by atoms with Gasteiger partial charge in [-0.3, -0.25) is 10.1 Å². The molecule has 26 heavy (non-hydrogen) atoms. The van der Waals surface area contributed by atoms with E-state index in [0.29, 0.717) is 37.8 Å². The number of fused-ring (bicyclic) bond motifs is 1. The number of carbonyl (C=O) groups is 2. The molecular formula is C18H24N4O4. The van der Waals surface area contributed by atoms with Crippen molar-refractivity contribution in [3.63, 3.8) is 0 Å². The zero-order chi connectivity index (χ0) is 18.7. The third-order valence-corrected chi connectivity index (χ3v) is 3.89. The van der Waals surface area contributed by atoms with Crippen LogP contribution in [0.1, 0.15) is 26.3 Å². The van der Waals surface area contributed by atoms with Gasteiger partial charge in [-0.25, -0.2) is 9.79 Å². The molecule has 0 saturated carbocycles. The van der Waals surface area contributed by atoms with E-state index in [-0.39, 0.29) is 0 Å². The van der Waals surface area contributed by atoms with Gasteiger partial charge in [0.2, 0.25) is 6.17 Å². The lowest BCUT2D eigenvalue weighted by Gasteiger charge is -2.30. The molecule has 0 spiro atoms. The first-order chi connectivity index (χ1) is 12.3. The van der Waals surface area contributed by atoms with E-state index in [0.717, 1.165) is 5.56 Å². The van der Waals surface area contributed by atoms with Gasteiger partial charge in [-0.2, -0.15) is 0 Å². The number of amides is 2. The number of benzodiazepines with no additional fused rings is 1. The SMILES string of the molecule is CC(C)(C)OC(=O)NC1N=C(N2CCOCC2)c2ccccc2NC1=O. The van der Waals surface area contributed by atoms with Crippen molar-refractivity contribution in [3.05, 3.63) is 29.8 Å². The molecule has 1 aromatic carbocycles. The molecule has 8 heteroatoms. The molecule has 1 fully saturated rings. The average molecular weight is 360 g/mol. The summed E-state index contributed by atoms with van der Waals surface area (Å²) in [5.74, 6) is 0.245. The summed E-state index contributed by atoms with van der Waals surface area (Å²) < 4.78 is 10.7. The fourth-order valence-corrected chi connectivity index (χ4v) is 2.78. The van der Waals surface area contributed by atoms with E-state index in [2.05, 4.69) is 20.5 Å². The summed E-state index contributed by atoms with van der Waals surface area (Å²) in [6, 6.07) is 7.46. The minimum Gasteiger partial charge on any atom is -0.444 e. The van der Waals surface area contributed by atoms with E-state index in [1.54, 1.807) is 20.8 Å². The Balaban J connectivity index is 1.90. The second-order valence-electron chi connectivity index (χ2n) is 7.14. The monoisotopic (exact) mass is 360 g/mol. The fraction of sp³-hybridized carbons (Fsp3) is 0.500. The number of benzene rings is 1. The molecule has 1 unspecified atom stereocenters. The Morgan fingerprint density at radius 2 is 2.00 bits per heavy atom. The van der Waals surface area contributed by atoms with Crippen LogP contribution >= 0.6 is 0 Å². The highest BCUT2D eigenvalue weighted by Crippen LogP contribution is 2.22. The van der Waals surface area contributed by atoms with Gasteiger partial charge in [0.1, 0.15) is 11.4 Å². The summed E-state index contributed by atoms with van der Waals surface area (Å²) in [7, 11) is 0. The van der Waals surface area contributed by atoms with Crippen molar-refractivity contribution in [2.75, 3.05) is 31.6 Å². The molecule has 2 aliphatic heterocycles. The van der Waals surface area contributed by atoms with Gasteiger partial charge in [0.25, 0.3) is 5.91 Å². The smallest absolute Gasteiger partial charge is 0.409 e. The Labute approximate surface area is 152 Å². The molecule has 0 aliphatic carbocycles. The van der Waals surface area contributed by atoms with Crippen molar-refractivity contribution in [2.45, 2.75) is 32.5 Å². The molecule has 1 atom stereocenters. The quantitative estimate of drug-likeness (QED) is 0.793. The second-order valence-corrected chi connectivity index (χ2v) is 7.14. The molecule has 1 saturated heterocycles. The number of nitrogens with one attached hydrogen (secondary N) is 2. The first-order valence-corrected chi connectivity index (χ1v) is 8.64. The van der Waals surface area contributed by atoms with Crippen LogP contribution in [0.2, 0.25) is 0 Å². The average Bonchev–Trinajstić information content (AvgIpc) is 2.71. The lowest BCUT2D eigenvalue weighted by molar-refractivity contribution is -0.118. The van der Waals surface area contributed by atoms with Crippen LogP contribution in [0.3, 0.4) is 0 Å². The number of hydrogen-bond acceptors (Lipinski definition) is 6. The van der Waals surface area contributed by atoms with E-state index in [1.807, 2.05) is 24.3 Å². The van der Waals surface area contributed by atoms with Gasteiger partial charge < -0.3 is 19.7 Å². The van der Waals surface area contributed by atoms with Crippen molar-refractivity contribution < 1.29 is 19.1 Å². The van der Waals surface area contributed by atoms with Crippen LogP contribution in [-0.4, -0.2) is 60.8 Å². The van der Waals surface area contributed by atoms with Gasteiger partial charge in [0, 0.05) is 18.7 Å². The van der Waals surface area contributed by atoms with E-state index >= 15 is 0 Å². The Morgan fingerprint density at radius 1 is 1.31 bits per heavy atom. The highest BCUT2D eigenvalue weighted by Gasteiger charge is 2.30. The summed E-state index contributed by atoms with van der Waals surface area (Å²) in [6.07, 6.45) is -1.76. The molecule has 2 amide bonds. The first-order valence-electron chi connectivity index (χ1n) is 8.64. The number of para-hydroxylation sites is 1.